The number of ketones is 1. The number of carbonyl (C=O) groups is 1. The van der Waals surface area contributed by atoms with E-state index < -0.39 is 10.2 Å². The number of rotatable bonds is 4. The topological polar surface area (TPSA) is 96.1 Å². The van der Waals surface area contributed by atoms with E-state index >= 15 is 0 Å². The van der Waals surface area contributed by atoms with Gasteiger partial charge in [0.2, 0.25) is 5.82 Å². The van der Waals surface area contributed by atoms with Crippen molar-refractivity contribution in [2.75, 3.05) is 14.1 Å². The summed E-state index contributed by atoms with van der Waals surface area (Å²) in [6.07, 6.45) is 0. The van der Waals surface area contributed by atoms with Gasteiger partial charge in [-0.15, -0.1) is 0 Å². The van der Waals surface area contributed by atoms with E-state index in [1.165, 1.54) is 26.2 Å². The third-order valence-electron chi connectivity index (χ3n) is 3.77. The first kappa shape index (κ1) is 18.1. The third-order valence-corrected chi connectivity index (χ3v) is 5.84. The molecule has 7 nitrogen and oxygen atoms in total. The fraction of sp³-hybridized carbons (Fsp3) is 0.118. The van der Waals surface area contributed by atoms with Gasteiger partial charge in [0.15, 0.2) is 5.78 Å². The van der Waals surface area contributed by atoms with Crippen molar-refractivity contribution in [3.05, 3.63) is 64.4 Å². The van der Waals surface area contributed by atoms with Gasteiger partial charge in [-0.1, -0.05) is 41.9 Å². The Kier molecular flexibility index (Phi) is 4.54. The predicted octanol–water partition coefficient (Wildman–Crippen LogP) is 2.45. The van der Waals surface area contributed by atoms with Gasteiger partial charge in [-0.3, -0.25) is 4.79 Å². The Morgan fingerprint density at radius 3 is 2.46 bits per heavy atom. The number of fused-ring (bicyclic) bond motifs is 1. The Morgan fingerprint density at radius 1 is 1.23 bits per heavy atom. The molecule has 0 spiro atoms. The number of aromatic nitrogens is 2. The molecule has 132 valence electrons. The number of carbonyl (C=O) groups excluding carboxylic acids is 1. The number of nitrogens with zero attached hydrogens (tertiary/aromatic N) is 4. The minimum absolute atomic E-state index is 0.0750. The summed E-state index contributed by atoms with van der Waals surface area (Å²) in [5.41, 5.74) is 0.942. The van der Waals surface area contributed by atoms with Crippen molar-refractivity contribution in [1.29, 1.82) is 5.26 Å². The lowest BCUT2D eigenvalue weighted by molar-refractivity contribution is 0.103. The molecule has 9 heteroatoms. The van der Waals surface area contributed by atoms with E-state index in [-0.39, 0.29) is 33.2 Å². The molecule has 0 aliphatic rings. The van der Waals surface area contributed by atoms with Crippen LogP contribution in [0.1, 0.15) is 21.7 Å². The number of nitriles is 1. The van der Waals surface area contributed by atoms with Gasteiger partial charge in [-0.2, -0.15) is 22.0 Å². The van der Waals surface area contributed by atoms with Gasteiger partial charge in [-0.25, -0.2) is 4.98 Å². The van der Waals surface area contributed by atoms with Crippen LogP contribution >= 0.6 is 11.6 Å². The fourth-order valence-electron chi connectivity index (χ4n) is 2.46. The number of imidazole rings is 1. The van der Waals surface area contributed by atoms with E-state index in [1.807, 2.05) is 0 Å². The van der Waals surface area contributed by atoms with E-state index in [2.05, 4.69) is 4.98 Å². The largest absolute Gasteiger partial charge is 0.309 e. The van der Waals surface area contributed by atoms with Crippen LogP contribution in [0.3, 0.4) is 0 Å². The minimum Gasteiger partial charge on any atom is -0.289 e. The van der Waals surface area contributed by atoms with Crippen molar-refractivity contribution in [2.24, 2.45) is 0 Å². The van der Waals surface area contributed by atoms with Crippen molar-refractivity contribution in [3.63, 3.8) is 0 Å². The molecule has 0 amide bonds. The molecule has 0 aliphatic heterocycles. The van der Waals surface area contributed by atoms with Crippen LogP contribution in [0.4, 0.5) is 0 Å². The van der Waals surface area contributed by atoms with Gasteiger partial charge in [-0.05, 0) is 12.1 Å². The van der Waals surface area contributed by atoms with Crippen molar-refractivity contribution in [1.82, 2.24) is 13.3 Å². The zero-order valence-electron chi connectivity index (χ0n) is 13.8. The maximum Gasteiger partial charge on any atom is 0.309 e. The number of hydrogen-bond acceptors (Lipinski definition) is 5. The van der Waals surface area contributed by atoms with Crippen LogP contribution in [-0.2, 0) is 10.2 Å². The van der Waals surface area contributed by atoms with E-state index in [1.54, 1.807) is 36.4 Å². The molecule has 0 bridgehead atoms. The summed E-state index contributed by atoms with van der Waals surface area (Å²) in [5.74, 6) is -0.630. The minimum atomic E-state index is -3.98. The Bertz CT molecular complexity index is 1160. The zero-order valence-corrected chi connectivity index (χ0v) is 15.4. The lowest BCUT2D eigenvalue weighted by Crippen LogP contribution is -2.29. The maximum absolute atomic E-state index is 12.7. The highest BCUT2D eigenvalue weighted by Crippen LogP contribution is 2.28. The van der Waals surface area contributed by atoms with Gasteiger partial charge >= 0.3 is 10.2 Å². The first-order valence-corrected chi connectivity index (χ1v) is 9.19. The highest BCUT2D eigenvalue weighted by molar-refractivity contribution is 7.87. The van der Waals surface area contributed by atoms with Crippen molar-refractivity contribution >= 4 is 38.6 Å². The second-order valence-electron chi connectivity index (χ2n) is 5.62. The molecular weight excluding hydrogens is 376 g/mol. The SMILES string of the molecule is CN(C)S(=O)(=O)n1c(C#N)nc2cc(C(=O)c3ccccc3)c(Cl)cc21. The van der Waals surface area contributed by atoms with Gasteiger partial charge in [0.1, 0.15) is 6.07 Å². The predicted molar refractivity (Wildman–Crippen MR) is 97.3 cm³/mol. The smallest absolute Gasteiger partial charge is 0.289 e. The Labute approximate surface area is 155 Å². The number of halogens is 1. The van der Waals surface area contributed by atoms with Gasteiger partial charge in [0.25, 0.3) is 0 Å². The normalized spacial score (nSPS) is 11.7. The van der Waals surface area contributed by atoms with Crippen LogP contribution in [0, 0.1) is 11.3 Å². The van der Waals surface area contributed by atoms with E-state index in [0.717, 1.165) is 8.28 Å². The zero-order chi connectivity index (χ0) is 19.1. The van der Waals surface area contributed by atoms with Crippen LogP contribution in [0.2, 0.25) is 5.02 Å². The molecule has 2 aromatic carbocycles. The van der Waals surface area contributed by atoms with E-state index in [0.29, 0.717) is 5.56 Å². The van der Waals surface area contributed by atoms with Gasteiger partial charge < -0.3 is 0 Å². The Morgan fingerprint density at radius 2 is 1.88 bits per heavy atom. The molecule has 0 unspecified atom stereocenters. The second-order valence-corrected chi connectivity index (χ2v) is 8.02. The van der Waals surface area contributed by atoms with Gasteiger partial charge in [0, 0.05) is 25.2 Å². The molecule has 0 aliphatic carbocycles. The summed E-state index contributed by atoms with van der Waals surface area (Å²) in [4.78, 5) is 16.7. The molecule has 1 heterocycles. The highest BCUT2D eigenvalue weighted by atomic mass is 35.5. The summed E-state index contributed by atoms with van der Waals surface area (Å²) in [5, 5.41) is 9.35. The lowest BCUT2D eigenvalue weighted by atomic mass is 10.0. The quantitative estimate of drug-likeness (QED) is 0.639. The third kappa shape index (κ3) is 2.86. The molecule has 3 aromatic rings. The lowest BCUT2D eigenvalue weighted by Gasteiger charge is -2.13. The summed E-state index contributed by atoms with van der Waals surface area (Å²) in [7, 11) is -1.29. The first-order valence-electron chi connectivity index (χ1n) is 7.42. The summed E-state index contributed by atoms with van der Waals surface area (Å²) in [6, 6.07) is 13.0. The first-order chi connectivity index (χ1) is 12.3. The molecule has 0 atom stereocenters. The van der Waals surface area contributed by atoms with Crippen LogP contribution in [0.5, 0.6) is 0 Å². The maximum atomic E-state index is 12.7. The molecule has 0 fully saturated rings. The van der Waals surface area contributed by atoms with Crippen LogP contribution in [-0.4, -0.2) is 41.6 Å². The monoisotopic (exact) mass is 388 g/mol. The molecule has 0 saturated carbocycles. The fourth-order valence-corrected chi connectivity index (χ4v) is 3.73. The van der Waals surface area contributed by atoms with Crippen LogP contribution < -0.4 is 0 Å². The van der Waals surface area contributed by atoms with E-state index in [4.69, 9.17) is 11.6 Å². The molecule has 0 saturated heterocycles. The van der Waals surface area contributed by atoms with Crippen molar-refractivity contribution in [3.8, 4) is 6.07 Å². The second kappa shape index (κ2) is 6.53. The Balaban J connectivity index is 2.26. The highest BCUT2D eigenvalue weighted by Gasteiger charge is 2.26. The number of hydrogen-bond donors (Lipinski definition) is 0. The summed E-state index contributed by atoms with van der Waals surface area (Å²) >= 11 is 6.25. The van der Waals surface area contributed by atoms with Crippen LogP contribution in [0.25, 0.3) is 11.0 Å². The van der Waals surface area contributed by atoms with Crippen molar-refractivity contribution in [2.45, 2.75) is 0 Å². The summed E-state index contributed by atoms with van der Waals surface area (Å²) in [6.45, 7) is 0. The Hall–Kier alpha value is -2.73. The molecular formula is C17H13ClN4O3S. The summed E-state index contributed by atoms with van der Waals surface area (Å²) < 4.78 is 26.8. The molecule has 26 heavy (non-hydrogen) atoms. The van der Waals surface area contributed by atoms with E-state index in [9.17, 15) is 18.5 Å². The molecule has 0 N–H and O–H groups in total. The average Bonchev–Trinajstić information content (AvgIpc) is 2.99. The van der Waals surface area contributed by atoms with Crippen LogP contribution in [0.15, 0.2) is 42.5 Å². The van der Waals surface area contributed by atoms with Crippen molar-refractivity contribution < 1.29 is 13.2 Å². The molecule has 0 radical (unpaired) electrons. The number of benzene rings is 2. The molecule has 3 rings (SSSR count). The standard InChI is InChI=1S/C17H13ClN4O3S/c1-21(2)26(24,25)22-15-9-13(18)12(8-14(15)20-16(22)10-19)17(23)11-6-4-3-5-7-11/h3-9H,1-2H3. The molecule has 1 aromatic heterocycles. The van der Waals surface area contributed by atoms with Gasteiger partial charge in [0.05, 0.1) is 16.1 Å². The average molecular weight is 389 g/mol.